The maximum Gasteiger partial charge on any atom is 0.260 e. The Labute approximate surface area is 161 Å². The first-order valence-corrected chi connectivity index (χ1v) is 9.56. The number of likely N-dealkylation sites (tertiary alicyclic amines) is 1. The molecule has 0 bridgehead atoms. The number of hydrogen-bond donors (Lipinski definition) is 1. The van der Waals surface area contributed by atoms with Crippen molar-refractivity contribution in [2.24, 2.45) is 5.92 Å². The second-order valence-corrected chi connectivity index (χ2v) is 6.94. The summed E-state index contributed by atoms with van der Waals surface area (Å²) >= 11 is 0. The van der Waals surface area contributed by atoms with Crippen LogP contribution in [0.5, 0.6) is 11.5 Å². The second kappa shape index (κ2) is 9.97. The Morgan fingerprint density at radius 1 is 1.07 bits per heavy atom. The maximum atomic E-state index is 12.4. The lowest BCUT2D eigenvalue weighted by Crippen LogP contribution is -2.44. The van der Waals surface area contributed by atoms with Gasteiger partial charge in [-0.25, -0.2) is 0 Å². The number of carbonyl (C=O) groups excluding carboxylic acids is 1. The molecule has 0 radical (unpaired) electrons. The molecule has 2 aromatic carbocycles. The summed E-state index contributed by atoms with van der Waals surface area (Å²) in [5.74, 6) is 2.05. The van der Waals surface area contributed by atoms with Crippen LogP contribution in [0, 0.1) is 5.92 Å². The van der Waals surface area contributed by atoms with E-state index in [4.69, 9.17) is 9.47 Å². The summed E-state index contributed by atoms with van der Waals surface area (Å²) in [6.45, 7) is 3.21. The Balaban J connectivity index is 1.43. The van der Waals surface area contributed by atoms with E-state index in [0.29, 0.717) is 18.3 Å². The van der Waals surface area contributed by atoms with Crippen molar-refractivity contribution in [2.45, 2.75) is 19.4 Å². The Morgan fingerprint density at radius 3 is 2.48 bits per heavy atom. The molecule has 1 heterocycles. The van der Waals surface area contributed by atoms with E-state index < -0.39 is 0 Å². The Bertz CT molecular complexity index is 701. The van der Waals surface area contributed by atoms with Gasteiger partial charge >= 0.3 is 0 Å². The zero-order valence-electron chi connectivity index (χ0n) is 15.9. The predicted octanol–water partition coefficient (Wildman–Crippen LogP) is 3.10. The minimum absolute atomic E-state index is 0.0557. The summed E-state index contributed by atoms with van der Waals surface area (Å²) in [7, 11) is 1.96. The van der Waals surface area contributed by atoms with E-state index in [1.54, 1.807) is 0 Å². The molecule has 1 fully saturated rings. The molecule has 1 aliphatic rings. The Kier molecular flexibility index (Phi) is 7.11. The van der Waals surface area contributed by atoms with Gasteiger partial charge in [-0.15, -0.1) is 0 Å². The van der Waals surface area contributed by atoms with Crippen molar-refractivity contribution < 1.29 is 14.3 Å². The van der Waals surface area contributed by atoms with Crippen molar-refractivity contribution in [3.8, 4) is 11.5 Å². The smallest absolute Gasteiger partial charge is 0.260 e. The average Bonchev–Trinajstić information content (AvgIpc) is 2.72. The van der Waals surface area contributed by atoms with Gasteiger partial charge in [-0.3, -0.25) is 4.79 Å². The van der Waals surface area contributed by atoms with Crippen LogP contribution in [0.25, 0.3) is 0 Å². The number of amides is 1. The molecule has 0 aromatic heterocycles. The largest absolute Gasteiger partial charge is 0.489 e. The van der Waals surface area contributed by atoms with Crippen molar-refractivity contribution in [3.05, 3.63) is 60.2 Å². The van der Waals surface area contributed by atoms with Gasteiger partial charge in [0.2, 0.25) is 0 Å². The van der Waals surface area contributed by atoms with Crippen LogP contribution in [0.3, 0.4) is 0 Å². The van der Waals surface area contributed by atoms with Gasteiger partial charge < -0.3 is 19.7 Å². The molecule has 27 heavy (non-hydrogen) atoms. The van der Waals surface area contributed by atoms with E-state index in [0.717, 1.165) is 37.4 Å². The first-order chi connectivity index (χ1) is 13.2. The number of ether oxygens (including phenoxy) is 2. The lowest BCUT2D eigenvalue weighted by atomic mass is 9.98. The van der Waals surface area contributed by atoms with Gasteiger partial charge in [0.1, 0.15) is 18.1 Å². The first kappa shape index (κ1) is 19.2. The molecule has 1 N–H and O–H groups in total. The lowest BCUT2D eigenvalue weighted by molar-refractivity contribution is -0.135. The number of benzene rings is 2. The zero-order valence-corrected chi connectivity index (χ0v) is 15.9. The van der Waals surface area contributed by atoms with E-state index in [9.17, 15) is 4.79 Å². The Morgan fingerprint density at radius 2 is 1.78 bits per heavy atom. The summed E-state index contributed by atoms with van der Waals surface area (Å²) in [6, 6.07) is 17.5. The van der Waals surface area contributed by atoms with Crippen LogP contribution in [-0.2, 0) is 11.4 Å². The highest BCUT2D eigenvalue weighted by molar-refractivity contribution is 5.77. The van der Waals surface area contributed by atoms with Crippen molar-refractivity contribution in [2.75, 3.05) is 33.3 Å². The van der Waals surface area contributed by atoms with Gasteiger partial charge in [-0.1, -0.05) is 30.3 Å². The van der Waals surface area contributed by atoms with Crippen LogP contribution in [0.15, 0.2) is 54.6 Å². The summed E-state index contributed by atoms with van der Waals surface area (Å²) in [5, 5.41) is 3.20. The summed E-state index contributed by atoms with van der Waals surface area (Å²) in [4.78, 5) is 14.3. The van der Waals surface area contributed by atoms with Crippen LogP contribution in [-0.4, -0.2) is 44.1 Å². The summed E-state index contributed by atoms with van der Waals surface area (Å²) in [5.41, 5.74) is 1.13. The first-order valence-electron chi connectivity index (χ1n) is 9.56. The van der Waals surface area contributed by atoms with Crippen molar-refractivity contribution in [1.29, 1.82) is 0 Å². The maximum absolute atomic E-state index is 12.4. The standard InChI is InChI=1S/C22H28N2O3/c1-23-14-19-8-5-13-24(15-19)22(25)17-27-21-11-9-20(10-12-21)26-16-18-6-3-2-4-7-18/h2-4,6-7,9-12,19,23H,5,8,13-17H2,1H3. The minimum Gasteiger partial charge on any atom is -0.489 e. The molecule has 5 heteroatoms. The third-order valence-corrected chi connectivity index (χ3v) is 4.80. The quantitative estimate of drug-likeness (QED) is 0.778. The van der Waals surface area contributed by atoms with Crippen LogP contribution in [0.4, 0.5) is 0 Å². The molecule has 3 rings (SSSR count). The van der Waals surface area contributed by atoms with E-state index >= 15 is 0 Å². The van der Waals surface area contributed by atoms with E-state index in [1.807, 2.05) is 66.5 Å². The Hall–Kier alpha value is -2.53. The fourth-order valence-corrected chi connectivity index (χ4v) is 3.36. The van der Waals surface area contributed by atoms with Crippen LogP contribution in [0.2, 0.25) is 0 Å². The number of nitrogens with one attached hydrogen (secondary N) is 1. The molecule has 1 aliphatic heterocycles. The third-order valence-electron chi connectivity index (χ3n) is 4.80. The van der Waals surface area contributed by atoms with Crippen molar-refractivity contribution in [3.63, 3.8) is 0 Å². The topological polar surface area (TPSA) is 50.8 Å². The normalized spacial score (nSPS) is 16.8. The highest BCUT2D eigenvalue weighted by atomic mass is 16.5. The molecule has 5 nitrogen and oxygen atoms in total. The molecule has 1 saturated heterocycles. The van der Waals surface area contributed by atoms with E-state index in [1.165, 1.54) is 6.42 Å². The second-order valence-electron chi connectivity index (χ2n) is 6.94. The lowest BCUT2D eigenvalue weighted by Gasteiger charge is -2.32. The van der Waals surface area contributed by atoms with Gasteiger partial charge in [0.15, 0.2) is 6.61 Å². The fourth-order valence-electron chi connectivity index (χ4n) is 3.36. The monoisotopic (exact) mass is 368 g/mol. The van der Waals surface area contributed by atoms with Crippen LogP contribution in [0.1, 0.15) is 18.4 Å². The third kappa shape index (κ3) is 6.00. The molecular weight excluding hydrogens is 340 g/mol. The van der Waals surface area contributed by atoms with Crippen LogP contribution >= 0.6 is 0 Å². The highest BCUT2D eigenvalue weighted by Gasteiger charge is 2.23. The molecule has 1 unspecified atom stereocenters. The molecule has 2 aromatic rings. The highest BCUT2D eigenvalue weighted by Crippen LogP contribution is 2.20. The van der Waals surface area contributed by atoms with Gasteiger partial charge in [0, 0.05) is 13.1 Å². The number of carbonyl (C=O) groups is 1. The van der Waals surface area contributed by atoms with E-state index in [2.05, 4.69) is 5.32 Å². The van der Waals surface area contributed by atoms with E-state index in [-0.39, 0.29) is 12.5 Å². The molecular formula is C22H28N2O3. The number of piperidine rings is 1. The average molecular weight is 368 g/mol. The molecule has 0 spiro atoms. The SMILES string of the molecule is CNCC1CCCN(C(=O)COc2ccc(OCc3ccccc3)cc2)C1. The summed E-state index contributed by atoms with van der Waals surface area (Å²) < 4.78 is 11.4. The molecule has 1 amide bonds. The number of nitrogens with zero attached hydrogens (tertiary/aromatic N) is 1. The van der Waals surface area contributed by atoms with Gasteiger partial charge in [-0.2, -0.15) is 0 Å². The summed E-state index contributed by atoms with van der Waals surface area (Å²) in [6.07, 6.45) is 2.24. The minimum atomic E-state index is 0.0557. The zero-order chi connectivity index (χ0) is 18.9. The van der Waals surface area contributed by atoms with Gasteiger partial charge in [-0.05, 0) is 62.2 Å². The van der Waals surface area contributed by atoms with Crippen molar-refractivity contribution >= 4 is 5.91 Å². The van der Waals surface area contributed by atoms with Gasteiger partial charge in [0.05, 0.1) is 0 Å². The molecule has 0 saturated carbocycles. The molecule has 0 aliphatic carbocycles. The molecule has 144 valence electrons. The van der Waals surface area contributed by atoms with Gasteiger partial charge in [0.25, 0.3) is 5.91 Å². The molecule has 1 atom stereocenters. The number of hydrogen-bond acceptors (Lipinski definition) is 4. The fraction of sp³-hybridized carbons (Fsp3) is 0.409. The van der Waals surface area contributed by atoms with Crippen LogP contribution < -0.4 is 14.8 Å². The number of rotatable bonds is 8. The predicted molar refractivity (Wildman–Crippen MR) is 106 cm³/mol. The van der Waals surface area contributed by atoms with Crippen molar-refractivity contribution in [1.82, 2.24) is 10.2 Å².